The topological polar surface area (TPSA) is 115 Å². The molecule has 1 saturated carbocycles. The average molecular weight is 580 g/mol. The Labute approximate surface area is 248 Å². The molecule has 4 rings (SSSR count). The van der Waals surface area contributed by atoms with E-state index >= 15 is 0 Å². The SMILES string of the molecule is COc1cc2c(c(OC)c1OC)-c1ccc(NCCCCCC(=O)NC3CCCCC3)c(=O)cc1[C@@H](NC(C)=O)CC2. The fraction of sp³-hybridized carbons (Fsp3) is 0.545. The van der Waals surface area contributed by atoms with Crippen molar-refractivity contribution in [3.05, 3.63) is 45.6 Å². The zero-order valence-electron chi connectivity index (χ0n) is 25.4. The van der Waals surface area contributed by atoms with Crippen LogP contribution in [-0.4, -0.2) is 45.7 Å². The lowest BCUT2D eigenvalue weighted by atomic mass is 9.95. The molecule has 2 aliphatic carbocycles. The molecule has 0 spiro atoms. The molecule has 2 aromatic rings. The number of fused-ring (bicyclic) bond motifs is 3. The predicted molar refractivity (Wildman–Crippen MR) is 165 cm³/mol. The first-order valence-corrected chi connectivity index (χ1v) is 15.2. The van der Waals surface area contributed by atoms with Gasteiger partial charge in [-0.1, -0.05) is 31.7 Å². The van der Waals surface area contributed by atoms with Crippen molar-refractivity contribution in [2.45, 2.75) is 89.6 Å². The first-order chi connectivity index (χ1) is 20.4. The highest BCUT2D eigenvalue weighted by Gasteiger charge is 2.29. The molecule has 9 nitrogen and oxygen atoms in total. The van der Waals surface area contributed by atoms with Gasteiger partial charge in [0.15, 0.2) is 11.5 Å². The van der Waals surface area contributed by atoms with Crippen LogP contribution < -0.4 is 35.6 Å². The second-order valence-corrected chi connectivity index (χ2v) is 11.2. The summed E-state index contributed by atoms with van der Waals surface area (Å²) in [5.74, 6) is 1.54. The van der Waals surface area contributed by atoms with Crippen LogP contribution in [0.1, 0.15) is 88.3 Å². The number of methoxy groups -OCH3 is 3. The molecule has 0 saturated heterocycles. The number of rotatable bonds is 12. The fourth-order valence-corrected chi connectivity index (χ4v) is 6.21. The smallest absolute Gasteiger partial charge is 0.220 e. The molecule has 2 aliphatic rings. The Kier molecular flexibility index (Phi) is 11.1. The lowest BCUT2D eigenvalue weighted by Crippen LogP contribution is -2.35. The third kappa shape index (κ3) is 7.55. The number of amides is 2. The van der Waals surface area contributed by atoms with Gasteiger partial charge < -0.3 is 30.2 Å². The van der Waals surface area contributed by atoms with Gasteiger partial charge in [-0.3, -0.25) is 14.4 Å². The summed E-state index contributed by atoms with van der Waals surface area (Å²) < 4.78 is 17.1. The van der Waals surface area contributed by atoms with E-state index in [4.69, 9.17) is 14.2 Å². The third-order valence-corrected chi connectivity index (χ3v) is 8.28. The number of unbranched alkanes of at least 4 members (excludes halogenated alkanes) is 2. The molecule has 0 unspecified atom stereocenters. The Morgan fingerprint density at radius 1 is 0.881 bits per heavy atom. The van der Waals surface area contributed by atoms with Crippen LogP contribution >= 0.6 is 0 Å². The summed E-state index contributed by atoms with van der Waals surface area (Å²) >= 11 is 0. The van der Waals surface area contributed by atoms with Crippen molar-refractivity contribution in [1.82, 2.24) is 10.6 Å². The van der Waals surface area contributed by atoms with E-state index in [1.54, 1.807) is 33.5 Å². The van der Waals surface area contributed by atoms with Crippen LogP contribution in [0.2, 0.25) is 0 Å². The van der Waals surface area contributed by atoms with Gasteiger partial charge in [-0.25, -0.2) is 0 Å². The molecule has 1 atom stereocenters. The standard InChI is InChI=1S/C33H45N3O6/c1-21(37)35-26-16-14-22-19-29(40-2)32(41-3)33(42-4)31(22)24-15-17-27(28(38)20-25(24)26)34-18-10-6-9-13-30(39)36-23-11-7-5-8-12-23/h15,17,19-20,23,26H,5-14,16,18H2,1-4H3,(H,34,38)(H,35,37)(H,36,39)/t26-/m0/s1. The van der Waals surface area contributed by atoms with Gasteiger partial charge in [-0.2, -0.15) is 0 Å². The lowest BCUT2D eigenvalue weighted by molar-refractivity contribution is -0.122. The molecule has 2 amide bonds. The van der Waals surface area contributed by atoms with E-state index in [1.165, 1.54) is 26.2 Å². The first kappa shape index (κ1) is 31.2. The van der Waals surface area contributed by atoms with Crippen LogP contribution in [0.5, 0.6) is 17.2 Å². The maximum atomic E-state index is 13.4. The largest absolute Gasteiger partial charge is 0.493 e. The summed E-state index contributed by atoms with van der Waals surface area (Å²) in [7, 11) is 4.74. The molecular formula is C33H45N3O6. The summed E-state index contributed by atoms with van der Waals surface area (Å²) in [6.45, 7) is 2.10. The second kappa shape index (κ2) is 14.9. The van der Waals surface area contributed by atoms with Crippen LogP contribution in [0.3, 0.4) is 0 Å². The van der Waals surface area contributed by atoms with Gasteiger partial charge in [-0.05, 0) is 73.4 Å². The summed E-state index contributed by atoms with van der Waals surface area (Å²) in [5.41, 5.74) is 3.68. The molecule has 0 bridgehead atoms. The summed E-state index contributed by atoms with van der Waals surface area (Å²) in [6, 6.07) is 7.28. The predicted octanol–water partition coefficient (Wildman–Crippen LogP) is 5.28. The van der Waals surface area contributed by atoms with Crippen LogP contribution in [0.25, 0.3) is 11.1 Å². The zero-order valence-corrected chi connectivity index (χ0v) is 25.4. The molecule has 3 N–H and O–H groups in total. The highest BCUT2D eigenvalue weighted by atomic mass is 16.5. The maximum absolute atomic E-state index is 13.4. The van der Waals surface area contributed by atoms with E-state index in [0.29, 0.717) is 54.8 Å². The minimum atomic E-state index is -0.348. The monoisotopic (exact) mass is 579 g/mol. The number of benzene rings is 1. The van der Waals surface area contributed by atoms with E-state index in [1.807, 2.05) is 12.1 Å². The molecule has 0 radical (unpaired) electrons. The Balaban J connectivity index is 1.51. The average Bonchev–Trinajstić information content (AvgIpc) is 3.22. The van der Waals surface area contributed by atoms with Crippen molar-refractivity contribution in [3.8, 4) is 28.4 Å². The maximum Gasteiger partial charge on any atom is 0.220 e. The van der Waals surface area contributed by atoms with Gasteiger partial charge in [-0.15, -0.1) is 0 Å². The van der Waals surface area contributed by atoms with Crippen molar-refractivity contribution >= 4 is 17.5 Å². The molecule has 0 aromatic heterocycles. The molecule has 228 valence electrons. The number of nitrogens with one attached hydrogen (secondary N) is 3. The number of ether oxygens (including phenoxy) is 3. The summed E-state index contributed by atoms with van der Waals surface area (Å²) in [6.07, 6.45) is 10.2. The molecule has 2 aromatic carbocycles. The summed E-state index contributed by atoms with van der Waals surface area (Å²) in [4.78, 5) is 37.8. The first-order valence-electron chi connectivity index (χ1n) is 15.2. The number of aryl methyl sites for hydroxylation is 1. The number of anilines is 1. The minimum absolute atomic E-state index is 0.145. The third-order valence-electron chi connectivity index (χ3n) is 8.28. The van der Waals surface area contributed by atoms with E-state index < -0.39 is 0 Å². The van der Waals surface area contributed by atoms with Crippen molar-refractivity contribution in [3.63, 3.8) is 0 Å². The van der Waals surface area contributed by atoms with Crippen molar-refractivity contribution in [1.29, 1.82) is 0 Å². The van der Waals surface area contributed by atoms with Gasteiger partial charge >= 0.3 is 0 Å². The summed E-state index contributed by atoms with van der Waals surface area (Å²) in [5, 5.41) is 9.51. The van der Waals surface area contributed by atoms with Crippen LogP contribution in [0.15, 0.2) is 29.1 Å². The van der Waals surface area contributed by atoms with E-state index in [9.17, 15) is 14.4 Å². The highest BCUT2D eigenvalue weighted by molar-refractivity contribution is 5.83. The zero-order chi connectivity index (χ0) is 30.1. The number of carbonyl (C=O) groups is 2. The quantitative estimate of drug-likeness (QED) is 0.293. The molecule has 42 heavy (non-hydrogen) atoms. The van der Waals surface area contributed by atoms with Gasteiger partial charge in [0.1, 0.15) is 0 Å². The lowest BCUT2D eigenvalue weighted by Gasteiger charge is -2.22. The Morgan fingerprint density at radius 3 is 2.33 bits per heavy atom. The minimum Gasteiger partial charge on any atom is -0.493 e. The van der Waals surface area contributed by atoms with Crippen LogP contribution in [0.4, 0.5) is 5.69 Å². The Bertz CT molecular complexity index is 1320. The van der Waals surface area contributed by atoms with Gasteiger partial charge in [0.25, 0.3) is 0 Å². The highest BCUT2D eigenvalue weighted by Crippen LogP contribution is 2.50. The Morgan fingerprint density at radius 2 is 1.64 bits per heavy atom. The number of hydrogen-bond acceptors (Lipinski definition) is 7. The molecule has 0 aliphatic heterocycles. The molecule has 0 heterocycles. The van der Waals surface area contributed by atoms with E-state index in [0.717, 1.165) is 54.4 Å². The van der Waals surface area contributed by atoms with Crippen molar-refractivity contribution in [2.75, 3.05) is 33.2 Å². The van der Waals surface area contributed by atoms with Gasteiger partial charge in [0.2, 0.25) is 23.0 Å². The molecule has 9 heteroatoms. The fourth-order valence-electron chi connectivity index (χ4n) is 6.21. The van der Waals surface area contributed by atoms with Gasteiger partial charge in [0, 0.05) is 31.5 Å². The number of hydrogen-bond donors (Lipinski definition) is 3. The van der Waals surface area contributed by atoms with E-state index in [-0.39, 0.29) is 23.3 Å². The van der Waals surface area contributed by atoms with Crippen LogP contribution in [0, 0.1) is 0 Å². The second-order valence-electron chi connectivity index (χ2n) is 11.2. The van der Waals surface area contributed by atoms with Crippen molar-refractivity contribution in [2.24, 2.45) is 0 Å². The Hall–Kier alpha value is -3.75. The van der Waals surface area contributed by atoms with E-state index in [2.05, 4.69) is 16.0 Å². The van der Waals surface area contributed by atoms with Crippen LogP contribution in [-0.2, 0) is 16.0 Å². The van der Waals surface area contributed by atoms with Crippen molar-refractivity contribution < 1.29 is 23.8 Å². The molecule has 1 fully saturated rings. The number of carbonyl (C=O) groups excluding carboxylic acids is 2. The van der Waals surface area contributed by atoms with Gasteiger partial charge in [0.05, 0.1) is 33.1 Å². The molecular weight excluding hydrogens is 534 g/mol. The normalized spacial score (nSPS) is 16.3.